The third-order valence-electron chi connectivity index (χ3n) is 3.95. The van der Waals surface area contributed by atoms with E-state index in [2.05, 4.69) is 29.3 Å². The number of hydrogen-bond acceptors (Lipinski definition) is 5. The smallest absolute Gasteiger partial charge is 0.271 e. The maximum atomic E-state index is 12.0. The van der Waals surface area contributed by atoms with Crippen LogP contribution in [-0.4, -0.2) is 39.9 Å². The van der Waals surface area contributed by atoms with Gasteiger partial charge in [0.05, 0.1) is 11.1 Å². The Morgan fingerprint density at radius 2 is 1.62 bits per heavy atom. The SMILES string of the molecule is CCN(CC)c1ccc(/C=N/NC(=O)c2ccc(S(C)(=O)=O)cc2)cc1. The molecule has 2 aromatic rings. The molecule has 0 atom stereocenters. The molecule has 0 radical (unpaired) electrons. The number of carbonyl (C=O) groups excluding carboxylic acids is 1. The van der Waals surface area contributed by atoms with Crippen molar-refractivity contribution in [2.75, 3.05) is 24.2 Å². The van der Waals surface area contributed by atoms with E-state index in [0.29, 0.717) is 5.56 Å². The zero-order valence-corrected chi connectivity index (χ0v) is 16.0. The molecule has 0 saturated heterocycles. The first-order chi connectivity index (χ1) is 12.3. The van der Waals surface area contributed by atoms with Gasteiger partial charge in [0.15, 0.2) is 9.84 Å². The summed E-state index contributed by atoms with van der Waals surface area (Å²) >= 11 is 0. The van der Waals surface area contributed by atoms with Gasteiger partial charge >= 0.3 is 0 Å². The van der Waals surface area contributed by atoms with E-state index in [4.69, 9.17) is 0 Å². The Labute approximate surface area is 154 Å². The number of nitrogens with zero attached hydrogens (tertiary/aromatic N) is 2. The van der Waals surface area contributed by atoms with Gasteiger partial charge in [0, 0.05) is 30.6 Å². The van der Waals surface area contributed by atoms with Crippen LogP contribution in [0, 0.1) is 0 Å². The highest BCUT2D eigenvalue weighted by molar-refractivity contribution is 7.90. The van der Waals surface area contributed by atoms with E-state index < -0.39 is 15.7 Å². The molecule has 1 N–H and O–H groups in total. The van der Waals surface area contributed by atoms with Crippen molar-refractivity contribution in [1.82, 2.24) is 5.43 Å². The summed E-state index contributed by atoms with van der Waals surface area (Å²) in [7, 11) is -3.28. The summed E-state index contributed by atoms with van der Waals surface area (Å²) in [6.45, 7) is 6.10. The highest BCUT2D eigenvalue weighted by Crippen LogP contribution is 2.14. The molecule has 0 heterocycles. The second kappa shape index (κ2) is 8.62. The topological polar surface area (TPSA) is 78.8 Å². The summed E-state index contributed by atoms with van der Waals surface area (Å²) in [4.78, 5) is 14.4. The molecule has 2 rings (SSSR count). The first kappa shape index (κ1) is 19.7. The van der Waals surface area contributed by atoms with Gasteiger partial charge in [0.2, 0.25) is 0 Å². The number of hydrazone groups is 1. The second-order valence-corrected chi connectivity index (χ2v) is 7.78. The molecule has 0 spiro atoms. The lowest BCUT2D eigenvalue weighted by Gasteiger charge is -2.20. The third kappa shape index (κ3) is 5.16. The number of amides is 1. The first-order valence-corrected chi connectivity index (χ1v) is 10.2. The highest BCUT2D eigenvalue weighted by Gasteiger charge is 2.09. The molecular formula is C19H23N3O3S. The summed E-state index contributed by atoms with van der Waals surface area (Å²) in [5.74, 6) is -0.402. The quantitative estimate of drug-likeness (QED) is 0.598. The van der Waals surface area contributed by atoms with Crippen LogP contribution in [0.4, 0.5) is 5.69 Å². The van der Waals surface area contributed by atoms with Crippen molar-refractivity contribution >= 4 is 27.6 Å². The molecule has 0 bridgehead atoms. The van der Waals surface area contributed by atoms with Crippen molar-refractivity contribution in [1.29, 1.82) is 0 Å². The van der Waals surface area contributed by atoms with Crippen LogP contribution in [0.5, 0.6) is 0 Å². The maximum Gasteiger partial charge on any atom is 0.271 e. The lowest BCUT2D eigenvalue weighted by molar-refractivity contribution is 0.0955. The molecule has 0 saturated carbocycles. The highest BCUT2D eigenvalue weighted by atomic mass is 32.2. The number of sulfone groups is 1. The normalized spacial score (nSPS) is 11.5. The summed E-state index contributed by atoms with van der Waals surface area (Å²) in [5, 5.41) is 3.95. The number of benzene rings is 2. The number of nitrogens with one attached hydrogen (secondary N) is 1. The van der Waals surface area contributed by atoms with Crippen LogP contribution in [-0.2, 0) is 9.84 Å². The minimum Gasteiger partial charge on any atom is -0.372 e. The van der Waals surface area contributed by atoms with E-state index in [0.717, 1.165) is 30.6 Å². The molecule has 26 heavy (non-hydrogen) atoms. The van der Waals surface area contributed by atoms with Gasteiger partial charge < -0.3 is 4.90 Å². The molecule has 2 aromatic carbocycles. The molecular weight excluding hydrogens is 350 g/mol. The number of anilines is 1. The standard InChI is InChI=1S/C19H23N3O3S/c1-4-22(5-2)17-10-6-15(7-11-17)14-20-21-19(23)16-8-12-18(13-9-16)26(3,24)25/h6-14H,4-5H2,1-3H3,(H,21,23)/b20-14+. The molecule has 6 nitrogen and oxygen atoms in total. The van der Waals surface area contributed by atoms with E-state index >= 15 is 0 Å². The van der Waals surface area contributed by atoms with Crippen molar-refractivity contribution in [3.05, 3.63) is 59.7 Å². The lowest BCUT2D eigenvalue weighted by Crippen LogP contribution is -2.21. The average Bonchev–Trinajstić information content (AvgIpc) is 2.63. The summed E-state index contributed by atoms with van der Waals surface area (Å²) < 4.78 is 22.8. The van der Waals surface area contributed by atoms with Gasteiger partial charge in [-0.15, -0.1) is 0 Å². The Morgan fingerprint density at radius 3 is 2.12 bits per heavy atom. The molecule has 0 aliphatic heterocycles. The predicted octanol–water partition coefficient (Wildman–Crippen LogP) is 2.70. The Kier molecular flexibility index (Phi) is 6.52. The van der Waals surface area contributed by atoms with Crippen LogP contribution in [0.25, 0.3) is 0 Å². The van der Waals surface area contributed by atoms with Gasteiger partial charge in [-0.05, 0) is 55.8 Å². The van der Waals surface area contributed by atoms with Crippen molar-refractivity contribution in [3.63, 3.8) is 0 Å². The largest absolute Gasteiger partial charge is 0.372 e. The molecule has 7 heteroatoms. The predicted molar refractivity (Wildman–Crippen MR) is 105 cm³/mol. The van der Waals surface area contributed by atoms with E-state index in [-0.39, 0.29) is 4.90 Å². The molecule has 0 aromatic heterocycles. The zero-order chi connectivity index (χ0) is 19.2. The van der Waals surface area contributed by atoms with Crippen LogP contribution in [0.15, 0.2) is 58.5 Å². The maximum absolute atomic E-state index is 12.0. The van der Waals surface area contributed by atoms with Gasteiger partial charge in [-0.3, -0.25) is 4.79 Å². The average molecular weight is 373 g/mol. The van der Waals surface area contributed by atoms with Crippen LogP contribution in [0.2, 0.25) is 0 Å². The van der Waals surface area contributed by atoms with Crippen molar-refractivity contribution in [2.45, 2.75) is 18.7 Å². The van der Waals surface area contributed by atoms with E-state index in [1.165, 1.54) is 24.3 Å². The van der Waals surface area contributed by atoms with Crippen molar-refractivity contribution < 1.29 is 13.2 Å². The van der Waals surface area contributed by atoms with Crippen LogP contribution >= 0.6 is 0 Å². The lowest BCUT2D eigenvalue weighted by atomic mass is 10.2. The molecule has 0 fully saturated rings. The fourth-order valence-electron chi connectivity index (χ4n) is 2.44. The van der Waals surface area contributed by atoms with Crippen molar-refractivity contribution in [2.24, 2.45) is 5.10 Å². The van der Waals surface area contributed by atoms with Gasteiger partial charge in [-0.1, -0.05) is 12.1 Å². The monoisotopic (exact) mass is 373 g/mol. The number of rotatable bonds is 7. The molecule has 0 unspecified atom stereocenters. The Bertz CT molecular complexity index is 869. The summed E-state index contributed by atoms with van der Waals surface area (Å²) in [6.07, 6.45) is 2.69. The summed E-state index contributed by atoms with van der Waals surface area (Å²) in [5.41, 5.74) is 4.79. The molecule has 0 aliphatic carbocycles. The Hall–Kier alpha value is -2.67. The zero-order valence-electron chi connectivity index (χ0n) is 15.1. The van der Waals surface area contributed by atoms with Crippen molar-refractivity contribution in [3.8, 4) is 0 Å². The third-order valence-corrected chi connectivity index (χ3v) is 5.07. The van der Waals surface area contributed by atoms with E-state index in [9.17, 15) is 13.2 Å². The van der Waals surface area contributed by atoms with Gasteiger partial charge in [0.25, 0.3) is 5.91 Å². The number of hydrogen-bond donors (Lipinski definition) is 1. The van der Waals surface area contributed by atoms with E-state index in [1.54, 1.807) is 6.21 Å². The molecule has 138 valence electrons. The fraction of sp³-hybridized carbons (Fsp3) is 0.263. The van der Waals surface area contributed by atoms with Crippen LogP contribution in [0.1, 0.15) is 29.8 Å². The second-order valence-electron chi connectivity index (χ2n) is 5.76. The minimum atomic E-state index is -3.28. The van der Waals surface area contributed by atoms with Gasteiger partial charge in [0.1, 0.15) is 0 Å². The first-order valence-electron chi connectivity index (χ1n) is 8.33. The Balaban J connectivity index is 1.98. The minimum absolute atomic E-state index is 0.172. The number of carbonyl (C=O) groups is 1. The van der Waals surface area contributed by atoms with Crippen LogP contribution < -0.4 is 10.3 Å². The van der Waals surface area contributed by atoms with Gasteiger partial charge in [-0.2, -0.15) is 5.10 Å². The molecule has 0 aliphatic rings. The summed E-state index contributed by atoms with van der Waals surface area (Å²) in [6, 6.07) is 13.6. The Morgan fingerprint density at radius 1 is 1.04 bits per heavy atom. The van der Waals surface area contributed by atoms with Crippen LogP contribution in [0.3, 0.4) is 0 Å². The van der Waals surface area contributed by atoms with E-state index in [1.807, 2.05) is 24.3 Å². The fourth-order valence-corrected chi connectivity index (χ4v) is 3.07. The van der Waals surface area contributed by atoms with Gasteiger partial charge in [-0.25, -0.2) is 13.8 Å². The molecule has 1 amide bonds.